The zero-order valence-corrected chi connectivity index (χ0v) is 19.0. The van der Waals surface area contributed by atoms with E-state index in [1.165, 1.54) is 25.4 Å². The van der Waals surface area contributed by atoms with E-state index < -0.39 is 10.8 Å². The van der Waals surface area contributed by atoms with Crippen LogP contribution in [0.5, 0.6) is 0 Å². The van der Waals surface area contributed by atoms with Crippen LogP contribution >= 0.6 is 46.3 Å². The Kier molecular flexibility index (Phi) is 7.50. The van der Waals surface area contributed by atoms with Crippen LogP contribution in [-0.2, 0) is 11.3 Å². The van der Waals surface area contributed by atoms with E-state index in [0.29, 0.717) is 10.6 Å². The number of nitrogens with one attached hydrogen (secondary N) is 2. The number of hydrogen-bond acceptors (Lipinski definition) is 7. The lowest BCUT2D eigenvalue weighted by Gasteiger charge is -2.07. The summed E-state index contributed by atoms with van der Waals surface area (Å²) in [7, 11) is 0. The molecule has 2 aromatic heterocycles. The van der Waals surface area contributed by atoms with Crippen LogP contribution in [0.15, 0.2) is 51.8 Å². The zero-order chi connectivity index (χ0) is 22.5. The van der Waals surface area contributed by atoms with Gasteiger partial charge in [0.15, 0.2) is 0 Å². The van der Waals surface area contributed by atoms with Crippen LogP contribution in [0.25, 0.3) is 0 Å². The molecular weight excluding hydrogens is 483 g/mol. The number of hydrogen-bond donors (Lipinski definition) is 2. The highest BCUT2D eigenvalue weighted by molar-refractivity contribution is 8.01. The molecule has 0 aliphatic carbocycles. The summed E-state index contributed by atoms with van der Waals surface area (Å²) in [5.74, 6) is -0.664. The second kappa shape index (κ2) is 10.1. The highest BCUT2D eigenvalue weighted by Gasteiger charge is 2.24. The summed E-state index contributed by atoms with van der Waals surface area (Å²) in [4.78, 5) is 39.1. The standard InChI is InChI=1S/C19H14Cl2N4O4S2/c1-10(26)24-12-4-2-3-11(5-12)7-23-18(27)16-6-15(25(28)29)19(30-16)31-17-13(20)8-22-9-14(17)21/h2-6,8-9H,7H2,1H3,(H,23,27)(H,24,26). The van der Waals surface area contributed by atoms with E-state index in [9.17, 15) is 19.7 Å². The number of rotatable bonds is 7. The largest absolute Gasteiger partial charge is 0.347 e. The van der Waals surface area contributed by atoms with Crippen molar-refractivity contribution in [2.75, 3.05) is 5.32 Å². The van der Waals surface area contributed by atoms with E-state index in [4.69, 9.17) is 23.2 Å². The minimum atomic E-state index is -0.560. The molecule has 12 heteroatoms. The van der Waals surface area contributed by atoms with Crippen LogP contribution in [0, 0.1) is 10.1 Å². The fraction of sp³-hybridized carbons (Fsp3) is 0.105. The SMILES string of the molecule is CC(=O)Nc1cccc(CNC(=O)c2cc([N+](=O)[O-])c(Sc3c(Cl)cncc3Cl)s2)c1. The maximum Gasteiger partial charge on any atom is 0.294 e. The highest BCUT2D eigenvalue weighted by atomic mass is 35.5. The van der Waals surface area contributed by atoms with Gasteiger partial charge in [-0.25, -0.2) is 0 Å². The molecule has 3 rings (SSSR count). The van der Waals surface area contributed by atoms with Crippen molar-refractivity contribution < 1.29 is 14.5 Å². The zero-order valence-electron chi connectivity index (χ0n) is 15.8. The smallest absolute Gasteiger partial charge is 0.294 e. The monoisotopic (exact) mass is 496 g/mol. The summed E-state index contributed by atoms with van der Waals surface area (Å²) in [5.41, 5.74) is 1.16. The van der Waals surface area contributed by atoms with E-state index in [-0.39, 0.29) is 37.3 Å². The third-order valence-corrected chi connectivity index (χ3v) is 7.06. The van der Waals surface area contributed by atoms with E-state index in [1.54, 1.807) is 24.3 Å². The lowest BCUT2D eigenvalue weighted by Crippen LogP contribution is -2.21. The number of nitrogens with zero attached hydrogens (tertiary/aromatic N) is 2. The van der Waals surface area contributed by atoms with Crippen molar-refractivity contribution in [3.8, 4) is 0 Å². The maximum absolute atomic E-state index is 12.6. The summed E-state index contributed by atoms with van der Waals surface area (Å²) >= 11 is 14.2. The molecule has 2 amide bonds. The fourth-order valence-corrected chi connectivity index (χ4v) is 5.28. The average molecular weight is 497 g/mol. The van der Waals surface area contributed by atoms with Crippen molar-refractivity contribution in [2.24, 2.45) is 0 Å². The van der Waals surface area contributed by atoms with Gasteiger partial charge in [0.2, 0.25) is 5.91 Å². The molecule has 0 aliphatic heterocycles. The molecule has 31 heavy (non-hydrogen) atoms. The van der Waals surface area contributed by atoms with Crippen LogP contribution in [0.2, 0.25) is 10.0 Å². The number of benzene rings is 1. The van der Waals surface area contributed by atoms with Gasteiger partial charge in [-0.05, 0) is 17.7 Å². The van der Waals surface area contributed by atoms with Crippen molar-refractivity contribution in [3.63, 3.8) is 0 Å². The van der Waals surface area contributed by atoms with Gasteiger partial charge in [0, 0.05) is 37.6 Å². The maximum atomic E-state index is 12.6. The summed E-state index contributed by atoms with van der Waals surface area (Å²) < 4.78 is 0.276. The molecule has 2 N–H and O–H groups in total. The molecule has 0 fully saturated rings. The molecule has 3 aromatic rings. The number of anilines is 1. The number of carbonyl (C=O) groups is 2. The number of amides is 2. The fourth-order valence-electron chi connectivity index (χ4n) is 2.50. The van der Waals surface area contributed by atoms with Crippen molar-refractivity contribution in [1.29, 1.82) is 0 Å². The Labute approximate surface area is 195 Å². The van der Waals surface area contributed by atoms with E-state index in [2.05, 4.69) is 15.6 Å². The van der Waals surface area contributed by atoms with Gasteiger partial charge in [-0.1, -0.05) is 47.1 Å². The average Bonchev–Trinajstić information content (AvgIpc) is 3.13. The van der Waals surface area contributed by atoms with Crippen molar-refractivity contribution in [2.45, 2.75) is 22.6 Å². The van der Waals surface area contributed by atoms with Crippen molar-refractivity contribution in [3.05, 3.63) is 73.3 Å². The number of nitro groups is 1. The third-order valence-electron chi connectivity index (χ3n) is 3.80. The van der Waals surface area contributed by atoms with Crippen LogP contribution < -0.4 is 10.6 Å². The summed E-state index contributed by atoms with van der Waals surface area (Å²) in [6.45, 7) is 1.59. The van der Waals surface area contributed by atoms with Crippen molar-refractivity contribution in [1.82, 2.24) is 10.3 Å². The Bertz CT molecular complexity index is 1150. The Balaban J connectivity index is 1.77. The number of carbonyl (C=O) groups excluding carboxylic acids is 2. The Morgan fingerprint density at radius 2 is 1.94 bits per heavy atom. The molecule has 0 saturated heterocycles. The van der Waals surface area contributed by atoms with E-state index in [0.717, 1.165) is 28.7 Å². The molecule has 0 radical (unpaired) electrons. The molecule has 0 spiro atoms. The number of halogens is 2. The molecule has 8 nitrogen and oxygen atoms in total. The predicted octanol–water partition coefficient (Wildman–Crippen LogP) is 5.40. The van der Waals surface area contributed by atoms with Gasteiger partial charge in [-0.15, -0.1) is 11.3 Å². The van der Waals surface area contributed by atoms with Gasteiger partial charge in [0.05, 0.1) is 19.9 Å². The topological polar surface area (TPSA) is 114 Å². The van der Waals surface area contributed by atoms with E-state index >= 15 is 0 Å². The first-order valence-corrected chi connectivity index (χ1v) is 11.0. The number of pyridine rings is 1. The molecule has 0 unspecified atom stereocenters. The highest BCUT2D eigenvalue weighted by Crippen LogP contribution is 2.45. The molecule has 1 aromatic carbocycles. The van der Waals surface area contributed by atoms with E-state index in [1.807, 2.05) is 0 Å². The minimum Gasteiger partial charge on any atom is -0.347 e. The quantitative estimate of drug-likeness (QED) is 0.334. The first-order chi connectivity index (χ1) is 14.7. The second-order valence-corrected chi connectivity index (χ2v) is 9.28. The Hall–Kier alpha value is -2.66. The predicted molar refractivity (Wildman–Crippen MR) is 121 cm³/mol. The molecule has 0 bridgehead atoms. The minimum absolute atomic E-state index is 0.175. The number of aromatic nitrogens is 1. The van der Waals surface area contributed by atoms with Gasteiger partial charge in [0.25, 0.3) is 11.6 Å². The number of thiophene rings is 1. The van der Waals surface area contributed by atoms with Gasteiger partial charge in [-0.2, -0.15) is 0 Å². The second-order valence-electron chi connectivity index (χ2n) is 6.14. The van der Waals surface area contributed by atoms with Gasteiger partial charge in [0.1, 0.15) is 9.09 Å². The molecule has 0 aliphatic rings. The summed E-state index contributed by atoms with van der Waals surface area (Å²) in [5, 5.41) is 17.4. The normalized spacial score (nSPS) is 10.5. The van der Waals surface area contributed by atoms with Crippen LogP contribution in [0.4, 0.5) is 11.4 Å². The Morgan fingerprint density at radius 1 is 1.23 bits per heavy atom. The van der Waals surface area contributed by atoms with Crippen LogP contribution in [0.1, 0.15) is 22.2 Å². The van der Waals surface area contributed by atoms with Crippen molar-refractivity contribution >= 4 is 69.5 Å². The van der Waals surface area contributed by atoms with Crippen LogP contribution in [0.3, 0.4) is 0 Å². The molecular formula is C19H14Cl2N4O4S2. The van der Waals surface area contributed by atoms with Gasteiger partial charge >= 0.3 is 0 Å². The van der Waals surface area contributed by atoms with Gasteiger partial charge in [-0.3, -0.25) is 24.7 Å². The lowest BCUT2D eigenvalue weighted by molar-refractivity contribution is -0.387. The molecule has 160 valence electrons. The van der Waals surface area contributed by atoms with Crippen LogP contribution in [-0.4, -0.2) is 21.7 Å². The first kappa shape index (κ1) is 23.0. The molecule has 0 saturated carbocycles. The molecule has 0 atom stereocenters. The summed E-state index contributed by atoms with van der Waals surface area (Å²) in [6, 6.07) is 8.22. The Morgan fingerprint density at radius 3 is 2.58 bits per heavy atom. The first-order valence-electron chi connectivity index (χ1n) is 8.64. The summed E-state index contributed by atoms with van der Waals surface area (Å²) in [6.07, 6.45) is 2.77. The lowest BCUT2D eigenvalue weighted by atomic mass is 10.2. The molecule has 2 heterocycles. The van der Waals surface area contributed by atoms with Gasteiger partial charge < -0.3 is 10.6 Å². The third kappa shape index (κ3) is 5.95.